The fraction of sp³-hybridized carbons (Fsp3) is 0.882. The van der Waals surface area contributed by atoms with E-state index in [1.165, 1.54) is 25.7 Å². The molecule has 0 aromatic carbocycles. The van der Waals surface area contributed by atoms with Crippen molar-refractivity contribution in [1.82, 2.24) is 5.32 Å². The molecule has 2 unspecified atom stereocenters. The molecule has 0 aromatic rings. The molecule has 2 saturated carbocycles. The van der Waals surface area contributed by atoms with Crippen LogP contribution < -0.4 is 11.1 Å². The first-order valence-electron chi connectivity index (χ1n) is 8.58. The van der Waals surface area contributed by atoms with E-state index < -0.39 is 5.41 Å². The van der Waals surface area contributed by atoms with Crippen molar-refractivity contribution in [2.24, 2.45) is 23.0 Å². The number of nitrogens with two attached hydrogens (primary N) is 1. The van der Waals surface area contributed by atoms with E-state index in [9.17, 15) is 4.79 Å². The number of carbonyl (C=O) groups is 1. The summed E-state index contributed by atoms with van der Waals surface area (Å²) in [7, 11) is 0. The summed E-state index contributed by atoms with van der Waals surface area (Å²) in [5.41, 5.74) is 5.40. The predicted molar refractivity (Wildman–Crippen MR) is 91.0 cm³/mol. The average molecular weight is 311 g/mol. The Morgan fingerprint density at radius 1 is 1.14 bits per heavy atom. The Balaban J connectivity index is 2.09. The van der Waals surface area contributed by atoms with Crippen LogP contribution in [0.4, 0.5) is 0 Å². The van der Waals surface area contributed by atoms with E-state index in [0.29, 0.717) is 22.9 Å². The molecule has 2 aliphatic carbocycles. The van der Waals surface area contributed by atoms with Crippen LogP contribution in [-0.2, 0) is 4.79 Å². The van der Waals surface area contributed by atoms with Crippen LogP contribution in [0.25, 0.3) is 0 Å². The van der Waals surface area contributed by atoms with Crippen LogP contribution >= 0.6 is 12.2 Å². The lowest BCUT2D eigenvalue weighted by atomic mass is 9.72. The molecule has 0 aliphatic heterocycles. The molecule has 2 atom stereocenters. The Kier molecular flexibility index (Phi) is 5.64. The maximum Gasteiger partial charge on any atom is 0.233 e. The molecule has 0 spiro atoms. The van der Waals surface area contributed by atoms with E-state index in [0.717, 1.165) is 32.1 Å². The molecule has 21 heavy (non-hydrogen) atoms. The van der Waals surface area contributed by atoms with Crippen molar-refractivity contribution in [2.45, 2.75) is 77.7 Å². The molecule has 3 N–H and O–H groups in total. The number of thiocarbonyl (C=S) groups is 1. The number of nitrogens with one attached hydrogen (secondary N) is 1. The number of carbonyl (C=O) groups excluding carboxylic acids is 1. The van der Waals surface area contributed by atoms with Gasteiger partial charge in [0, 0.05) is 6.04 Å². The highest BCUT2D eigenvalue weighted by molar-refractivity contribution is 7.80. The molecule has 2 rings (SSSR count). The van der Waals surface area contributed by atoms with Crippen LogP contribution in [0.2, 0.25) is 0 Å². The van der Waals surface area contributed by atoms with Gasteiger partial charge >= 0.3 is 0 Å². The lowest BCUT2D eigenvalue weighted by molar-refractivity contribution is -0.130. The zero-order chi connectivity index (χ0) is 15.5. The molecule has 0 heterocycles. The van der Waals surface area contributed by atoms with Gasteiger partial charge in [0.15, 0.2) is 0 Å². The molecular weight excluding hydrogens is 280 g/mol. The summed E-state index contributed by atoms with van der Waals surface area (Å²) in [5, 5.41) is 3.34. The normalized spacial score (nSPS) is 29.1. The zero-order valence-corrected chi connectivity index (χ0v) is 14.3. The topological polar surface area (TPSA) is 55.1 Å². The van der Waals surface area contributed by atoms with Crippen LogP contribution in [0.5, 0.6) is 0 Å². The van der Waals surface area contributed by atoms with Crippen molar-refractivity contribution >= 4 is 23.1 Å². The summed E-state index contributed by atoms with van der Waals surface area (Å²) < 4.78 is 0. The van der Waals surface area contributed by atoms with E-state index in [-0.39, 0.29) is 5.91 Å². The van der Waals surface area contributed by atoms with Crippen molar-refractivity contribution in [3.05, 3.63) is 0 Å². The standard InChI is InChI=1S/C17H30N2OS/c1-12(2)13-8-4-5-9-14(13)19-16(20)17(15(18)21)10-6-3-7-11-17/h12-14H,3-11H2,1-2H3,(H2,18,21)(H,19,20). The highest BCUT2D eigenvalue weighted by Crippen LogP contribution is 2.38. The molecule has 4 heteroatoms. The van der Waals surface area contributed by atoms with Gasteiger partial charge in [-0.15, -0.1) is 0 Å². The maximum atomic E-state index is 12.9. The third-order valence-electron chi connectivity index (χ3n) is 5.61. The van der Waals surface area contributed by atoms with Crippen LogP contribution in [0.1, 0.15) is 71.6 Å². The van der Waals surface area contributed by atoms with Crippen LogP contribution in [0.3, 0.4) is 0 Å². The molecule has 2 aliphatic rings. The molecule has 2 fully saturated rings. The Hall–Kier alpha value is -0.640. The molecule has 1 amide bonds. The fourth-order valence-corrected chi connectivity index (χ4v) is 4.48. The van der Waals surface area contributed by atoms with E-state index in [1.807, 2.05) is 0 Å². The van der Waals surface area contributed by atoms with E-state index in [2.05, 4.69) is 19.2 Å². The SMILES string of the molecule is CC(C)C1CCCCC1NC(=O)C1(C(N)=S)CCCCC1. The Labute approximate surface area is 134 Å². The minimum atomic E-state index is -0.577. The van der Waals surface area contributed by atoms with Crippen molar-refractivity contribution in [3.63, 3.8) is 0 Å². The number of amides is 1. The van der Waals surface area contributed by atoms with Gasteiger partial charge in [-0.1, -0.05) is 58.2 Å². The van der Waals surface area contributed by atoms with Crippen LogP contribution in [-0.4, -0.2) is 16.9 Å². The Morgan fingerprint density at radius 2 is 1.76 bits per heavy atom. The predicted octanol–water partition coefficient (Wildman–Crippen LogP) is 3.55. The zero-order valence-electron chi connectivity index (χ0n) is 13.5. The smallest absolute Gasteiger partial charge is 0.233 e. The van der Waals surface area contributed by atoms with Gasteiger partial charge in [0.05, 0.1) is 10.4 Å². The monoisotopic (exact) mass is 310 g/mol. The molecule has 0 saturated heterocycles. The molecule has 0 bridgehead atoms. The summed E-state index contributed by atoms with van der Waals surface area (Å²) in [4.78, 5) is 13.3. The number of hydrogen-bond acceptors (Lipinski definition) is 2. The summed E-state index contributed by atoms with van der Waals surface area (Å²) in [6, 6.07) is 0.305. The average Bonchev–Trinajstić information content (AvgIpc) is 2.48. The van der Waals surface area contributed by atoms with Gasteiger partial charge in [0.1, 0.15) is 0 Å². The third-order valence-corrected chi connectivity index (χ3v) is 6.00. The summed E-state index contributed by atoms with van der Waals surface area (Å²) in [5.74, 6) is 1.31. The minimum Gasteiger partial charge on any atom is -0.392 e. The lowest BCUT2D eigenvalue weighted by Gasteiger charge is -2.40. The highest BCUT2D eigenvalue weighted by Gasteiger charge is 2.43. The molecule has 0 aromatic heterocycles. The van der Waals surface area contributed by atoms with Gasteiger partial charge in [0.25, 0.3) is 0 Å². The molecule has 0 radical (unpaired) electrons. The second kappa shape index (κ2) is 7.08. The molecule has 3 nitrogen and oxygen atoms in total. The highest BCUT2D eigenvalue weighted by atomic mass is 32.1. The van der Waals surface area contributed by atoms with Crippen molar-refractivity contribution in [1.29, 1.82) is 0 Å². The quantitative estimate of drug-likeness (QED) is 0.781. The van der Waals surface area contributed by atoms with Crippen molar-refractivity contribution in [3.8, 4) is 0 Å². The second-order valence-corrected chi connectivity index (χ2v) is 7.72. The summed E-state index contributed by atoms with van der Waals surface area (Å²) in [6.07, 6.45) is 9.79. The molecular formula is C17H30N2OS. The maximum absolute atomic E-state index is 12.9. The Morgan fingerprint density at radius 3 is 2.33 bits per heavy atom. The summed E-state index contributed by atoms with van der Waals surface area (Å²) in [6.45, 7) is 4.53. The molecule has 120 valence electrons. The fourth-order valence-electron chi connectivity index (χ4n) is 4.18. The first-order valence-corrected chi connectivity index (χ1v) is 8.99. The lowest BCUT2D eigenvalue weighted by Crippen LogP contribution is -2.54. The Bertz CT molecular complexity index is 388. The minimum absolute atomic E-state index is 0.104. The van der Waals surface area contributed by atoms with Gasteiger partial charge in [-0.05, 0) is 37.5 Å². The first-order chi connectivity index (χ1) is 9.97. The van der Waals surface area contributed by atoms with Crippen molar-refractivity contribution in [2.75, 3.05) is 0 Å². The van der Waals surface area contributed by atoms with Gasteiger partial charge < -0.3 is 11.1 Å². The van der Waals surface area contributed by atoms with Crippen LogP contribution in [0.15, 0.2) is 0 Å². The first kappa shape index (κ1) is 16.7. The van der Waals surface area contributed by atoms with Gasteiger partial charge in [-0.2, -0.15) is 0 Å². The van der Waals surface area contributed by atoms with E-state index in [1.54, 1.807) is 0 Å². The van der Waals surface area contributed by atoms with Gasteiger partial charge in [-0.3, -0.25) is 4.79 Å². The second-order valence-electron chi connectivity index (χ2n) is 7.28. The van der Waals surface area contributed by atoms with Crippen LogP contribution in [0, 0.1) is 17.3 Å². The van der Waals surface area contributed by atoms with Crippen molar-refractivity contribution < 1.29 is 4.79 Å². The largest absolute Gasteiger partial charge is 0.392 e. The van der Waals surface area contributed by atoms with E-state index >= 15 is 0 Å². The number of rotatable bonds is 4. The summed E-state index contributed by atoms with van der Waals surface area (Å²) >= 11 is 5.27. The third kappa shape index (κ3) is 3.58. The number of hydrogen-bond donors (Lipinski definition) is 2. The van der Waals surface area contributed by atoms with Gasteiger partial charge in [0.2, 0.25) is 5.91 Å². The van der Waals surface area contributed by atoms with Gasteiger partial charge in [-0.25, -0.2) is 0 Å². The van der Waals surface area contributed by atoms with E-state index in [4.69, 9.17) is 18.0 Å².